The zero-order valence-corrected chi connectivity index (χ0v) is 15.5. The van der Waals surface area contributed by atoms with Crippen LogP contribution in [-0.2, 0) is 20.2 Å². The van der Waals surface area contributed by atoms with Gasteiger partial charge in [0, 0.05) is 12.1 Å². The van der Waals surface area contributed by atoms with Crippen LogP contribution >= 0.6 is 7.60 Å². The van der Waals surface area contributed by atoms with Crippen LogP contribution in [0.15, 0.2) is 60.7 Å². The Kier molecular flexibility index (Phi) is 7.38. The highest BCUT2D eigenvalue weighted by Crippen LogP contribution is 2.48. The molecule has 0 radical (unpaired) electrons. The molecule has 0 atom stereocenters. The maximum Gasteiger partial charge on any atom is 0.349 e. The number of carbonyl (C=O) groups excluding carboxylic acids is 1. The molecule has 0 bridgehead atoms. The van der Waals surface area contributed by atoms with Crippen LogP contribution in [0.4, 0.5) is 0 Å². The molecule has 0 aliphatic carbocycles. The molecule has 25 heavy (non-hydrogen) atoms. The number of rotatable bonds is 9. The third-order valence-electron chi connectivity index (χ3n) is 3.52. The predicted molar refractivity (Wildman–Crippen MR) is 98.5 cm³/mol. The Bertz CT molecular complexity index is 696. The molecule has 6 heteroatoms. The van der Waals surface area contributed by atoms with Gasteiger partial charge in [0.25, 0.3) is 5.91 Å². The Morgan fingerprint density at radius 1 is 0.920 bits per heavy atom. The fraction of sp³-hybridized carbons (Fsp3) is 0.316. The van der Waals surface area contributed by atoms with Crippen molar-refractivity contribution < 1.29 is 18.4 Å². The highest BCUT2D eigenvalue weighted by Gasteiger charge is 2.30. The van der Waals surface area contributed by atoms with Gasteiger partial charge in [-0.25, -0.2) is 0 Å². The number of benzene rings is 2. The molecule has 0 saturated heterocycles. The molecular formula is C19H24NO4P. The van der Waals surface area contributed by atoms with Crippen molar-refractivity contribution in [3.8, 4) is 0 Å². The molecule has 0 N–H and O–H groups in total. The van der Waals surface area contributed by atoms with Crippen molar-refractivity contribution in [3.05, 3.63) is 71.8 Å². The molecule has 5 nitrogen and oxygen atoms in total. The molecule has 0 heterocycles. The second kappa shape index (κ2) is 9.52. The first-order valence-corrected chi connectivity index (χ1v) is 10.1. The van der Waals surface area contributed by atoms with Crippen molar-refractivity contribution in [2.45, 2.75) is 20.4 Å². The fourth-order valence-corrected chi connectivity index (χ4v) is 4.15. The Morgan fingerprint density at radius 3 is 1.96 bits per heavy atom. The summed E-state index contributed by atoms with van der Waals surface area (Å²) in [6.45, 7) is 4.36. The smallest absolute Gasteiger partial charge is 0.322 e. The van der Waals surface area contributed by atoms with E-state index in [2.05, 4.69) is 0 Å². The van der Waals surface area contributed by atoms with Crippen LogP contribution in [0.3, 0.4) is 0 Å². The van der Waals surface area contributed by atoms with Gasteiger partial charge in [-0.3, -0.25) is 9.36 Å². The lowest BCUT2D eigenvalue weighted by Gasteiger charge is -2.27. The molecule has 0 aromatic heterocycles. The van der Waals surface area contributed by atoms with Gasteiger partial charge in [-0.2, -0.15) is 0 Å². The van der Waals surface area contributed by atoms with E-state index in [9.17, 15) is 9.36 Å². The molecule has 0 spiro atoms. The van der Waals surface area contributed by atoms with Gasteiger partial charge in [0.1, 0.15) is 6.29 Å². The van der Waals surface area contributed by atoms with Crippen LogP contribution in [0.1, 0.15) is 29.8 Å². The number of amides is 1. The maximum atomic E-state index is 12.9. The molecule has 0 aliphatic heterocycles. The third kappa shape index (κ3) is 5.82. The minimum Gasteiger partial charge on any atom is -0.322 e. The summed E-state index contributed by atoms with van der Waals surface area (Å²) in [4.78, 5) is 14.5. The van der Waals surface area contributed by atoms with Crippen molar-refractivity contribution in [2.75, 3.05) is 19.5 Å². The monoisotopic (exact) mass is 361 g/mol. The van der Waals surface area contributed by atoms with E-state index in [0.29, 0.717) is 12.1 Å². The van der Waals surface area contributed by atoms with Crippen LogP contribution in [-0.4, -0.2) is 30.3 Å². The molecule has 134 valence electrons. The van der Waals surface area contributed by atoms with E-state index in [1.807, 2.05) is 36.4 Å². The molecular weight excluding hydrogens is 337 g/mol. The van der Waals surface area contributed by atoms with E-state index in [-0.39, 0.29) is 25.4 Å². The summed E-state index contributed by atoms with van der Waals surface area (Å²) in [5, 5.41) is 0. The van der Waals surface area contributed by atoms with Crippen molar-refractivity contribution in [1.82, 2.24) is 4.90 Å². The van der Waals surface area contributed by atoms with Gasteiger partial charge in [0.05, 0.1) is 13.2 Å². The fourth-order valence-electron chi connectivity index (χ4n) is 2.47. The lowest BCUT2D eigenvalue weighted by molar-refractivity contribution is 0.0751. The summed E-state index contributed by atoms with van der Waals surface area (Å²) in [7, 11) is -3.38. The molecule has 0 unspecified atom stereocenters. The Morgan fingerprint density at radius 2 is 1.44 bits per heavy atom. The predicted octanol–water partition coefficient (Wildman–Crippen LogP) is 4.55. The number of hydrogen-bond donors (Lipinski definition) is 0. The highest BCUT2D eigenvalue weighted by atomic mass is 31.2. The normalized spacial score (nSPS) is 11.3. The second-order valence-electron chi connectivity index (χ2n) is 5.44. The zero-order valence-electron chi connectivity index (χ0n) is 14.6. The van der Waals surface area contributed by atoms with Crippen molar-refractivity contribution in [1.29, 1.82) is 0 Å². The van der Waals surface area contributed by atoms with Crippen molar-refractivity contribution >= 4 is 13.5 Å². The molecule has 0 aliphatic rings. The number of hydrogen-bond acceptors (Lipinski definition) is 4. The number of nitrogens with zero attached hydrogens (tertiary/aromatic N) is 1. The van der Waals surface area contributed by atoms with Gasteiger partial charge in [-0.15, -0.1) is 0 Å². The first kappa shape index (κ1) is 19.4. The summed E-state index contributed by atoms with van der Waals surface area (Å²) in [5.41, 5.74) is 1.49. The SMILES string of the molecule is CCOP(=O)(CN(Cc1ccccc1)C(=O)c1ccccc1)OCC. The van der Waals surface area contributed by atoms with Crippen LogP contribution in [0.2, 0.25) is 0 Å². The molecule has 2 rings (SSSR count). The lowest BCUT2D eigenvalue weighted by atomic mass is 10.1. The average molecular weight is 361 g/mol. The third-order valence-corrected chi connectivity index (χ3v) is 5.51. The summed E-state index contributed by atoms with van der Waals surface area (Å²) < 4.78 is 23.6. The van der Waals surface area contributed by atoms with E-state index < -0.39 is 7.60 Å². The van der Waals surface area contributed by atoms with Gasteiger partial charge >= 0.3 is 7.60 Å². The minimum atomic E-state index is -3.38. The summed E-state index contributed by atoms with van der Waals surface area (Å²) in [5.74, 6) is -0.205. The van der Waals surface area contributed by atoms with E-state index in [4.69, 9.17) is 9.05 Å². The van der Waals surface area contributed by atoms with Gasteiger partial charge < -0.3 is 13.9 Å². The van der Waals surface area contributed by atoms with Crippen LogP contribution < -0.4 is 0 Å². The second-order valence-corrected chi connectivity index (χ2v) is 7.46. The van der Waals surface area contributed by atoms with Crippen molar-refractivity contribution in [3.63, 3.8) is 0 Å². The van der Waals surface area contributed by atoms with Gasteiger partial charge in [-0.05, 0) is 31.5 Å². The van der Waals surface area contributed by atoms with Crippen LogP contribution in [0, 0.1) is 0 Å². The first-order valence-electron chi connectivity index (χ1n) is 8.34. The zero-order chi connectivity index (χ0) is 18.1. The Labute approximate surface area is 149 Å². The quantitative estimate of drug-likeness (QED) is 0.615. The van der Waals surface area contributed by atoms with E-state index in [1.165, 1.54) is 4.90 Å². The number of carbonyl (C=O) groups is 1. The first-order chi connectivity index (χ1) is 12.1. The molecule has 0 saturated carbocycles. The standard InChI is InChI=1S/C19H24NO4P/c1-3-23-25(22,24-4-2)16-20(15-17-11-7-5-8-12-17)19(21)18-13-9-6-10-14-18/h5-14H,3-4,15-16H2,1-2H3. The van der Waals surface area contributed by atoms with Crippen LogP contribution in [0.25, 0.3) is 0 Å². The van der Waals surface area contributed by atoms with Gasteiger partial charge in [-0.1, -0.05) is 48.5 Å². The van der Waals surface area contributed by atoms with E-state index in [0.717, 1.165) is 5.56 Å². The summed E-state index contributed by atoms with van der Waals surface area (Å²) in [6.07, 6.45) is -0.0860. The lowest BCUT2D eigenvalue weighted by Crippen LogP contribution is -2.32. The topological polar surface area (TPSA) is 55.8 Å². The van der Waals surface area contributed by atoms with E-state index in [1.54, 1.807) is 38.1 Å². The molecule has 0 fully saturated rings. The summed E-state index contributed by atoms with van der Waals surface area (Å²) >= 11 is 0. The summed E-state index contributed by atoms with van der Waals surface area (Å²) in [6, 6.07) is 18.5. The van der Waals surface area contributed by atoms with Gasteiger partial charge in [0.15, 0.2) is 0 Å². The minimum absolute atomic E-state index is 0.0860. The molecule has 2 aromatic carbocycles. The molecule has 2 aromatic rings. The molecule has 1 amide bonds. The Balaban J connectivity index is 2.28. The van der Waals surface area contributed by atoms with E-state index >= 15 is 0 Å². The maximum absolute atomic E-state index is 12.9. The largest absolute Gasteiger partial charge is 0.349 e. The van der Waals surface area contributed by atoms with Crippen molar-refractivity contribution in [2.24, 2.45) is 0 Å². The van der Waals surface area contributed by atoms with Crippen LogP contribution in [0.5, 0.6) is 0 Å². The Hall–Kier alpha value is -1.94. The van der Waals surface area contributed by atoms with Gasteiger partial charge in [0.2, 0.25) is 0 Å². The average Bonchev–Trinajstić information content (AvgIpc) is 2.62. The highest BCUT2D eigenvalue weighted by molar-refractivity contribution is 7.53.